The third kappa shape index (κ3) is 22.7. The molecular weight excluding hydrogens is 1020 g/mol. The summed E-state index contributed by atoms with van der Waals surface area (Å²) in [6.07, 6.45) is 11.4. The van der Waals surface area contributed by atoms with E-state index >= 15 is 0 Å². The number of unbranched alkanes of at least 4 members (excludes halogenated alkanes) is 2. The Morgan fingerprint density at radius 2 is 1.14 bits per heavy atom. The molecule has 0 fully saturated rings. The van der Waals surface area contributed by atoms with E-state index in [4.69, 9.17) is 18.9 Å². The maximum Gasteiger partial charge on any atom is 0.408 e. The number of rotatable bonds is 24. The summed E-state index contributed by atoms with van der Waals surface area (Å²) in [6, 6.07) is -2.17. The predicted molar refractivity (Wildman–Crippen MR) is 296 cm³/mol. The number of alkyl carbamates (subject to hydrolysis) is 2. The van der Waals surface area contributed by atoms with E-state index in [1.165, 1.54) is 45.8 Å². The molecule has 22 heteroatoms. The van der Waals surface area contributed by atoms with E-state index in [0.29, 0.717) is 50.0 Å². The monoisotopic (exact) mass is 1100 g/mol. The number of nitrogens with zero attached hydrogens (tertiary/aromatic N) is 4. The largest absolute Gasteiger partial charge is 0.457 e. The number of carbonyl (C=O) groups excluding carboxylic acids is 6. The van der Waals surface area contributed by atoms with Gasteiger partial charge in [0.1, 0.15) is 78.7 Å². The average molecular weight is 1100 g/mol. The molecule has 0 saturated carbocycles. The standard InChI is InChI=1S/C26H40N4O5S2.C26H38N4O5S2/c2*1-8-10-11-12-17(9-2)34-24(32)21(16(3)4)30-22(31)18-14-37-23(29-18)19-15-36-20(28-19)13-27-25(33)35-26(5,6)7/h11-12,15-18,21H,8-10,13-14H2,1-7H3,(H,27,33)(H,30,31);11-12,14-17,21H,8-10,13H2,1-7H3,(H,27,33)(H,30,31)/b2*12-11+/t17?,18-,21?;/m0./s1. The summed E-state index contributed by atoms with van der Waals surface area (Å²) < 4.78 is 21.8. The van der Waals surface area contributed by atoms with Gasteiger partial charge in [0, 0.05) is 21.9 Å². The second-order valence-corrected chi connectivity index (χ2v) is 23.6. The van der Waals surface area contributed by atoms with E-state index in [0.717, 1.165) is 25.7 Å². The zero-order valence-electron chi connectivity index (χ0n) is 45.5. The van der Waals surface area contributed by atoms with Crippen molar-refractivity contribution in [2.75, 3.05) is 5.75 Å². The molecule has 0 radical (unpaired) electrons. The van der Waals surface area contributed by atoms with Gasteiger partial charge in [-0.1, -0.05) is 80.4 Å². The van der Waals surface area contributed by atoms with Crippen molar-refractivity contribution < 1.29 is 47.7 Å². The Hall–Kier alpha value is -5.19. The fraction of sp³-hybridized carbons (Fsp3) is 0.615. The van der Waals surface area contributed by atoms with E-state index in [1.807, 2.05) is 76.6 Å². The predicted octanol–water partition coefficient (Wildman–Crippen LogP) is 10.6. The van der Waals surface area contributed by atoms with E-state index in [-0.39, 0.29) is 48.7 Å². The molecule has 0 aromatic carbocycles. The first kappa shape index (κ1) is 63.1. The van der Waals surface area contributed by atoms with Crippen LogP contribution in [-0.4, -0.2) is 103 Å². The molecular formula is C52H78N8O10S4. The Bertz CT molecular complexity index is 2380. The van der Waals surface area contributed by atoms with Crippen molar-refractivity contribution in [1.82, 2.24) is 36.2 Å². The zero-order valence-corrected chi connectivity index (χ0v) is 48.7. The van der Waals surface area contributed by atoms with Crippen molar-refractivity contribution >= 4 is 86.8 Å². The van der Waals surface area contributed by atoms with Crippen molar-refractivity contribution in [3.8, 4) is 10.7 Å². The van der Waals surface area contributed by atoms with Crippen molar-refractivity contribution in [2.45, 2.75) is 190 Å². The summed E-state index contributed by atoms with van der Waals surface area (Å²) in [5.74, 6) is -1.50. The molecule has 0 spiro atoms. The second kappa shape index (κ2) is 31.0. The molecule has 5 atom stereocenters. The van der Waals surface area contributed by atoms with Crippen molar-refractivity contribution in [2.24, 2.45) is 16.8 Å². The molecule has 0 aliphatic carbocycles. The molecule has 1 aliphatic rings. The highest BCUT2D eigenvalue weighted by Gasteiger charge is 2.33. The first-order valence-corrected chi connectivity index (χ1v) is 28.8. The lowest BCUT2D eigenvalue weighted by atomic mass is 10.0. The molecule has 4 N–H and O–H groups in total. The van der Waals surface area contributed by atoms with Crippen LogP contribution in [-0.2, 0) is 46.4 Å². The summed E-state index contributed by atoms with van der Waals surface area (Å²) in [7, 11) is 0. The molecule has 410 valence electrons. The molecule has 3 aromatic rings. The lowest BCUT2D eigenvalue weighted by Crippen LogP contribution is -2.49. The first-order chi connectivity index (χ1) is 34.9. The number of hydrogen-bond acceptors (Lipinski definition) is 18. The van der Waals surface area contributed by atoms with Gasteiger partial charge in [-0.3, -0.25) is 14.6 Å². The Morgan fingerprint density at radius 3 is 1.59 bits per heavy atom. The molecule has 4 heterocycles. The van der Waals surface area contributed by atoms with Crippen LogP contribution in [0.3, 0.4) is 0 Å². The van der Waals surface area contributed by atoms with Crippen LogP contribution in [0.5, 0.6) is 0 Å². The molecule has 0 saturated heterocycles. The number of thioether (sulfide) groups is 1. The van der Waals surface area contributed by atoms with Gasteiger partial charge in [0.25, 0.3) is 5.91 Å². The quantitative estimate of drug-likeness (QED) is 0.0371. The molecule has 74 heavy (non-hydrogen) atoms. The van der Waals surface area contributed by atoms with Crippen molar-refractivity contribution in [1.29, 1.82) is 0 Å². The highest BCUT2D eigenvalue weighted by Crippen LogP contribution is 2.27. The van der Waals surface area contributed by atoms with Gasteiger partial charge in [0.05, 0.1) is 13.1 Å². The lowest BCUT2D eigenvalue weighted by molar-refractivity contribution is -0.152. The Balaban J connectivity index is 0.000000390. The lowest BCUT2D eigenvalue weighted by Gasteiger charge is -2.24. The van der Waals surface area contributed by atoms with Crippen LogP contribution in [0.15, 0.2) is 45.4 Å². The number of amides is 4. The Morgan fingerprint density at radius 1 is 0.662 bits per heavy atom. The number of hydrogen-bond donors (Lipinski definition) is 4. The van der Waals surface area contributed by atoms with Crippen LogP contribution in [0.1, 0.15) is 162 Å². The van der Waals surface area contributed by atoms with Crippen LogP contribution >= 0.6 is 45.8 Å². The SMILES string of the molecule is CCC/C=C/C(CC)OC(=O)C(NC(=O)[C@@H]1CSC(c2csc(CNC(=O)OC(C)(C)C)n2)=N1)C(C)C.CCC/C=C/C(CC)OC(=O)C(NC(=O)c1csc(-c2csc(CNC(=O)OC(C)(C)C)n2)n1)C(C)C. The van der Waals surface area contributed by atoms with Crippen LogP contribution in [0.2, 0.25) is 0 Å². The highest BCUT2D eigenvalue weighted by molar-refractivity contribution is 8.14. The maximum atomic E-state index is 13.0. The molecule has 3 aromatic heterocycles. The minimum absolute atomic E-state index is 0.135. The normalized spacial score (nSPS) is 15.4. The summed E-state index contributed by atoms with van der Waals surface area (Å²) >= 11 is 5.49. The van der Waals surface area contributed by atoms with Crippen molar-refractivity contribution in [3.05, 3.63) is 61.8 Å². The van der Waals surface area contributed by atoms with Crippen LogP contribution < -0.4 is 21.3 Å². The number of carbonyl (C=O) groups is 6. The zero-order chi connectivity index (χ0) is 55.2. The minimum Gasteiger partial charge on any atom is -0.457 e. The number of thiazole rings is 3. The number of aromatic nitrogens is 3. The van der Waals surface area contributed by atoms with Gasteiger partial charge in [-0.05, 0) is 91.2 Å². The van der Waals surface area contributed by atoms with Gasteiger partial charge in [-0.25, -0.2) is 34.1 Å². The van der Waals surface area contributed by atoms with Gasteiger partial charge in [-0.2, -0.15) is 0 Å². The van der Waals surface area contributed by atoms with Crippen molar-refractivity contribution in [3.63, 3.8) is 0 Å². The fourth-order valence-electron chi connectivity index (χ4n) is 6.30. The number of allylic oxidation sites excluding steroid dienone is 2. The fourth-order valence-corrected chi connectivity index (χ4v) is 9.64. The van der Waals surface area contributed by atoms with E-state index < -0.39 is 59.4 Å². The second-order valence-electron chi connectivity index (χ2n) is 19.9. The molecule has 1 aliphatic heterocycles. The number of nitrogens with one attached hydrogen (secondary N) is 4. The van der Waals surface area contributed by atoms with Gasteiger partial charge in [-0.15, -0.1) is 45.8 Å². The number of esters is 2. The van der Waals surface area contributed by atoms with E-state index in [9.17, 15) is 28.8 Å². The van der Waals surface area contributed by atoms with Crippen LogP contribution in [0.25, 0.3) is 10.7 Å². The van der Waals surface area contributed by atoms with Gasteiger partial charge < -0.3 is 40.2 Å². The summed E-state index contributed by atoms with van der Waals surface area (Å²) in [6.45, 7) is 26.8. The van der Waals surface area contributed by atoms with Gasteiger partial charge in [0.15, 0.2) is 0 Å². The van der Waals surface area contributed by atoms with Gasteiger partial charge in [0.2, 0.25) is 5.91 Å². The Kier molecular flexibility index (Phi) is 26.4. The van der Waals surface area contributed by atoms with E-state index in [2.05, 4.69) is 55.1 Å². The summed E-state index contributed by atoms with van der Waals surface area (Å²) in [5.41, 5.74) is 0.326. The molecule has 4 unspecified atom stereocenters. The third-order valence-electron chi connectivity index (χ3n) is 10.2. The minimum atomic E-state index is -0.795. The smallest absolute Gasteiger partial charge is 0.408 e. The number of ether oxygens (including phenoxy) is 4. The van der Waals surface area contributed by atoms with Gasteiger partial charge >= 0.3 is 24.1 Å². The highest BCUT2D eigenvalue weighted by atomic mass is 32.2. The first-order valence-electron chi connectivity index (χ1n) is 25.2. The third-order valence-corrected chi connectivity index (χ3v) is 13.8. The summed E-state index contributed by atoms with van der Waals surface area (Å²) in [5, 5.41) is 18.9. The topological polar surface area (TPSA) is 238 Å². The van der Waals surface area contributed by atoms with Crippen LogP contribution in [0.4, 0.5) is 9.59 Å². The average Bonchev–Trinajstić information content (AvgIpc) is 4.17. The molecule has 0 bridgehead atoms. The van der Waals surface area contributed by atoms with E-state index in [1.54, 1.807) is 46.9 Å². The Labute approximate surface area is 453 Å². The molecule has 18 nitrogen and oxygen atoms in total. The van der Waals surface area contributed by atoms with Crippen LogP contribution in [0, 0.1) is 11.8 Å². The molecule has 4 rings (SSSR count). The molecule has 4 amide bonds. The summed E-state index contributed by atoms with van der Waals surface area (Å²) in [4.78, 5) is 93.3. The number of aliphatic imine (C=N–C) groups is 1. The maximum absolute atomic E-state index is 13.0.